The highest BCUT2D eigenvalue weighted by atomic mass is 79.9. The topological polar surface area (TPSA) is 45.2 Å². The summed E-state index contributed by atoms with van der Waals surface area (Å²) in [6.45, 7) is 6.27. The lowest BCUT2D eigenvalue weighted by atomic mass is 10.2. The maximum atomic E-state index is 12.4. The number of rotatable bonds is 7. The van der Waals surface area contributed by atoms with Crippen LogP contribution in [0.15, 0.2) is 47.1 Å². The van der Waals surface area contributed by atoms with E-state index in [1.54, 1.807) is 6.20 Å². The van der Waals surface area contributed by atoms with Gasteiger partial charge in [0.15, 0.2) is 0 Å². The maximum absolute atomic E-state index is 12.4. The number of halogens is 1. The molecule has 5 heteroatoms. The van der Waals surface area contributed by atoms with Gasteiger partial charge < -0.3 is 10.2 Å². The molecule has 1 heterocycles. The summed E-state index contributed by atoms with van der Waals surface area (Å²) >= 11 is 3.40. The van der Waals surface area contributed by atoms with E-state index < -0.39 is 0 Å². The molecular formula is C18H22BrN3O. The summed E-state index contributed by atoms with van der Waals surface area (Å²) in [4.78, 5) is 18.9. The molecule has 0 aliphatic rings. The SMILES string of the molecule is CCCN(CCC)c1ccnc(C(=O)Nc2cccc(Br)c2)c1. The molecule has 0 bridgehead atoms. The molecule has 0 fully saturated rings. The smallest absolute Gasteiger partial charge is 0.274 e. The Bertz CT molecular complexity index is 654. The molecule has 1 aromatic carbocycles. The van der Waals surface area contributed by atoms with E-state index in [2.05, 4.69) is 45.0 Å². The molecule has 2 aromatic rings. The first-order valence-corrected chi connectivity index (χ1v) is 8.71. The Morgan fingerprint density at radius 3 is 2.57 bits per heavy atom. The number of aromatic nitrogens is 1. The zero-order chi connectivity index (χ0) is 16.7. The second-order valence-corrected chi connectivity index (χ2v) is 6.27. The molecule has 0 saturated heterocycles. The fourth-order valence-electron chi connectivity index (χ4n) is 2.41. The molecule has 2 rings (SSSR count). The van der Waals surface area contributed by atoms with Gasteiger partial charge >= 0.3 is 0 Å². The van der Waals surface area contributed by atoms with E-state index in [1.807, 2.05) is 36.4 Å². The van der Waals surface area contributed by atoms with Crippen LogP contribution < -0.4 is 10.2 Å². The van der Waals surface area contributed by atoms with E-state index in [0.717, 1.165) is 41.8 Å². The number of pyridine rings is 1. The van der Waals surface area contributed by atoms with Gasteiger partial charge in [0.25, 0.3) is 5.91 Å². The monoisotopic (exact) mass is 375 g/mol. The van der Waals surface area contributed by atoms with Crippen LogP contribution in [0.2, 0.25) is 0 Å². The molecular weight excluding hydrogens is 354 g/mol. The molecule has 0 spiro atoms. The number of nitrogens with one attached hydrogen (secondary N) is 1. The number of nitrogens with zero attached hydrogens (tertiary/aromatic N) is 2. The van der Waals surface area contributed by atoms with Crippen molar-refractivity contribution in [2.24, 2.45) is 0 Å². The van der Waals surface area contributed by atoms with Gasteiger partial charge in [0.05, 0.1) is 0 Å². The molecule has 0 atom stereocenters. The Hall–Kier alpha value is -1.88. The summed E-state index contributed by atoms with van der Waals surface area (Å²) in [6.07, 6.45) is 3.84. The molecule has 0 saturated carbocycles. The molecule has 1 aromatic heterocycles. The van der Waals surface area contributed by atoms with Crippen molar-refractivity contribution in [2.75, 3.05) is 23.3 Å². The minimum atomic E-state index is -0.196. The van der Waals surface area contributed by atoms with Crippen molar-refractivity contribution in [1.82, 2.24) is 4.98 Å². The van der Waals surface area contributed by atoms with Gasteiger partial charge in [0, 0.05) is 35.1 Å². The van der Waals surface area contributed by atoms with E-state index in [4.69, 9.17) is 0 Å². The van der Waals surface area contributed by atoms with E-state index in [-0.39, 0.29) is 5.91 Å². The number of carbonyl (C=O) groups excluding carboxylic acids is 1. The third-order valence-electron chi connectivity index (χ3n) is 3.41. The van der Waals surface area contributed by atoms with Gasteiger partial charge in [-0.15, -0.1) is 0 Å². The minimum Gasteiger partial charge on any atom is -0.371 e. The van der Waals surface area contributed by atoms with Crippen LogP contribution in [-0.4, -0.2) is 24.0 Å². The highest BCUT2D eigenvalue weighted by Crippen LogP contribution is 2.18. The van der Waals surface area contributed by atoms with Gasteiger partial charge in [-0.2, -0.15) is 0 Å². The van der Waals surface area contributed by atoms with Crippen molar-refractivity contribution in [2.45, 2.75) is 26.7 Å². The van der Waals surface area contributed by atoms with Crippen molar-refractivity contribution in [3.05, 3.63) is 52.8 Å². The summed E-state index contributed by atoms with van der Waals surface area (Å²) in [5.41, 5.74) is 2.22. The lowest BCUT2D eigenvalue weighted by Gasteiger charge is -2.23. The summed E-state index contributed by atoms with van der Waals surface area (Å²) in [7, 11) is 0. The molecule has 0 radical (unpaired) electrons. The first-order chi connectivity index (χ1) is 11.1. The lowest BCUT2D eigenvalue weighted by molar-refractivity contribution is 0.102. The zero-order valence-corrected chi connectivity index (χ0v) is 15.1. The summed E-state index contributed by atoms with van der Waals surface area (Å²) < 4.78 is 0.925. The Morgan fingerprint density at radius 1 is 1.17 bits per heavy atom. The predicted molar refractivity (Wildman–Crippen MR) is 99.1 cm³/mol. The number of amides is 1. The Morgan fingerprint density at radius 2 is 1.91 bits per heavy atom. The maximum Gasteiger partial charge on any atom is 0.274 e. The van der Waals surface area contributed by atoms with Gasteiger partial charge in [-0.25, -0.2) is 0 Å². The van der Waals surface area contributed by atoms with E-state index in [1.165, 1.54) is 0 Å². The van der Waals surface area contributed by atoms with Crippen molar-refractivity contribution in [1.29, 1.82) is 0 Å². The molecule has 23 heavy (non-hydrogen) atoms. The number of hydrogen-bond acceptors (Lipinski definition) is 3. The minimum absolute atomic E-state index is 0.196. The van der Waals surface area contributed by atoms with Crippen LogP contribution in [-0.2, 0) is 0 Å². The van der Waals surface area contributed by atoms with Crippen molar-refractivity contribution in [3.8, 4) is 0 Å². The van der Waals surface area contributed by atoms with Crippen LogP contribution in [0.5, 0.6) is 0 Å². The van der Waals surface area contributed by atoms with E-state index in [0.29, 0.717) is 5.69 Å². The molecule has 4 nitrogen and oxygen atoms in total. The highest BCUT2D eigenvalue weighted by molar-refractivity contribution is 9.10. The average molecular weight is 376 g/mol. The van der Waals surface area contributed by atoms with Gasteiger partial charge in [-0.05, 0) is 43.2 Å². The van der Waals surface area contributed by atoms with Crippen LogP contribution in [0.1, 0.15) is 37.2 Å². The molecule has 122 valence electrons. The first kappa shape index (κ1) is 17.5. The summed E-state index contributed by atoms with van der Waals surface area (Å²) in [5.74, 6) is -0.196. The highest BCUT2D eigenvalue weighted by Gasteiger charge is 2.11. The van der Waals surface area contributed by atoms with Crippen LogP contribution >= 0.6 is 15.9 Å². The van der Waals surface area contributed by atoms with Crippen LogP contribution in [0.25, 0.3) is 0 Å². The van der Waals surface area contributed by atoms with E-state index >= 15 is 0 Å². The second-order valence-electron chi connectivity index (χ2n) is 5.35. The fraction of sp³-hybridized carbons (Fsp3) is 0.333. The first-order valence-electron chi connectivity index (χ1n) is 7.92. The molecule has 1 N–H and O–H groups in total. The average Bonchev–Trinajstić information content (AvgIpc) is 2.55. The Kier molecular flexibility index (Phi) is 6.59. The molecule has 1 amide bonds. The van der Waals surface area contributed by atoms with Crippen molar-refractivity contribution in [3.63, 3.8) is 0 Å². The van der Waals surface area contributed by atoms with E-state index in [9.17, 15) is 4.79 Å². The van der Waals surface area contributed by atoms with Crippen LogP contribution in [0, 0.1) is 0 Å². The standard InChI is InChI=1S/C18H22BrN3O/c1-3-10-22(11-4-2)16-8-9-20-17(13-16)18(23)21-15-7-5-6-14(19)12-15/h5-9,12-13H,3-4,10-11H2,1-2H3,(H,21,23). The predicted octanol–water partition coefficient (Wildman–Crippen LogP) is 4.72. The number of carbonyl (C=O) groups is 1. The molecule has 0 aliphatic heterocycles. The van der Waals surface area contributed by atoms with Crippen molar-refractivity contribution < 1.29 is 4.79 Å². The fourth-order valence-corrected chi connectivity index (χ4v) is 2.81. The van der Waals surface area contributed by atoms with Gasteiger partial charge in [0.2, 0.25) is 0 Å². The molecule has 0 unspecified atom stereocenters. The van der Waals surface area contributed by atoms with Gasteiger partial charge in [-0.1, -0.05) is 35.8 Å². The Labute approximate surface area is 146 Å². The largest absolute Gasteiger partial charge is 0.371 e. The normalized spacial score (nSPS) is 10.4. The second kappa shape index (κ2) is 8.67. The lowest BCUT2D eigenvalue weighted by Crippen LogP contribution is -2.25. The quantitative estimate of drug-likeness (QED) is 0.760. The Balaban J connectivity index is 2.16. The van der Waals surface area contributed by atoms with Crippen LogP contribution in [0.3, 0.4) is 0 Å². The number of anilines is 2. The van der Waals surface area contributed by atoms with Gasteiger partial charge in [-0.3, -0.25) is 9.78 Å². The number of hydrogen-bond donors (Lipinski definition) is 1. The third kappa shape index (κ3) is 5.06. The van der Waals surface area contributed by atoms with Gasteiger partial charge in [0.1, 0.15) is 5.69 Å². The number of benzene rings is 1. The summed E-state index contributed by atoms with van der Waals surface area (Å²) in [6, 6.07) is 11.3. The third-order valence-corrected chi connectivity index (χ3v) is 3.90. The zero-order valence-electron chi connectivity index (χ0n) is 13.6. The van der Waals surface area contributed by atoms with Crippen LogP contribution in [0.4, 0.5) is 11.4 Å². The summed E-state index contributed by atoms with van der Waals surface area (Å²) in [5, 5.41) is 2.88. The van der Waals surface area contributed by atoms with Crippen molar-refractivity contribution >= 4 is 33.2 Å². The molecule has 0 aliphatic carbocycles.